The first-order valence-electron chi connectivity index (χ1n) is 8.41. The number of rotatable bonds is 5. The number of benzene rings is 2. The fraction of sp³-hybridized carbons (Fsp3) is 0.136. The van der Waals surface area contributed by atoms with E-state index in [4.69, 9.17) is 0 Å². The molecule has 2 aromatic carbocycles. The minimum Gasteiger partial charge on any atom is -0.503 e. The molecule has 0 atom stereocenters. The van der Waals surface area contributed by atoms with Crippen molar-refractivity contribution in [1.82, 2.24) is 4.98 Å². The van der Waals surface area contributed by atoms with Gasteiger partial charge in [0.15, 0.2) is 5.75 Å². The number of aromatic hydroxyl groups is 1. The summed E-state index contributed by atoms with van der Waals surface area (Å²) in [4.78, 5) is 14.5. The molecule has 1 aromatic heterocycles. The van der Waals surface area contributed by atoms with Crippen molar-refractivity contribution in [1.29, 1.82) is 0 Å². The van der Waals surface area contributed by atoms with Crippen molar-refractivity contribution in [3.05, 3.63) is 93.9 Å². The summed E-state index contributed by atoms with van der Waals surface area (Å²) in [5, 5.41) is 9.41. The van der Waals surface area contributed by atoms with Gasteiger partial charge in [0.25, 0.3) is 5.56 Å². The third-order valence-electron chi connectivity index (χ3n) is 3.81. The Morgan fingerprint density at radius 1 is 0.962 bits per heavy atom. The van der Waals surface area contributed by atoms with E-state index in [0.717, 1.165) is 34.6 Å². The summed E-state index contributed by atoms with van der Waals surface area (Å²) in [6.45, 7) is 0. The zero-order chi connectivity index (χ0) is 18.2. The number of aromatic nitrogens is 1. The van der Waals surface area contributed by atoms with E-state index in [1.807, 2.05) is 30.3 Å². The molecule has 0 amide bonds. The predicted octanol–water partition coefficient (Wildman–Crippen LogP) is 4.21. The van der Waals surface area contributed by atoms with Crippen molar-refractivity contribution in [3.63, 3.8) is 0 Å². The average molecular weight is 361 g/mol. The molecule has 3 rings (SSSR count). The second-order valence-corrected chi connectivity index (χ2v) is 6.98. The minimum atomic E-state index is -0.454. The van der Waals surface area contributed by atoms with Crippen LogP contribution in [0.5, 0.6) is 5.75 Å². The third kappa shape index (κ3) is 5.30. The Labute approximate surface area is 157 Å². The molecule has 0 fully saturated rings. The second kappa shape index (κ2) is 8.98. The molecule has 2 N–H and O–H groups in total. The van der Waals surface area contributed by atoms with Gasteiger partial charge in [-0.3, -0.25) is 4.79 Å². The van der Waals surface area contributed by atoms with E-state index < -0.39 is 5.56 Å². The smallest absolute Gasteiger partial charge is 0.290 e. The van der Waals surface area contributed by atoms with Gasteiger partial charge in [-0.25, -0.2) is 0 Å². The molecule has 26 heavy (non-hydrogen) atoms. The highest BCUT2D eigenvalue weighted by Crippen LogP contribution is 2.20. The standard InChI is InChI=1S/C22H19NO2S/c24-21-15-20(16-23-22(21)25)26-14-4-7-18-9-12-19(13-10-18)11-8-17-5-2-1-3-6-17/h1-3,5-6,9-10,12-13,15-16,24H,4,7,14H2,(H,23,25). The van der Waals surface area contributed by atoms with Crippen LogP contribution in [0.2, 0.25) is 0 Å². The summed E-state index contributed by atoms with van der Waals surface area (Å²) < 4.78 is 0. The number of aryl methyl sites for hydroxylation is 1. The lowest BCUT2D eigenvalue weighted by atomic mass is 10.1. The Hall–Kier alpha value is -2.90. The summed E-state index contributed by atoms with van der Waals surface area (Å²) in [6.07, 6.45) is 3.63. The van der Waals surface area contributed by atoms with Gasteiger partial charge in [0.2, 0.25) is 0 Å². The van der Waals surface area contributed by atoms with E-state index in [1.165, 1.54) is 11.6 Å². The fourth-order valence-electron chi connectivity index (χ4n) is 2.42. The van der Waals surface area contributed by atoms with Crippen LogP contribution < -0.4 is 5.56 Å². The van der Waals surface area contributed by atoms with Crippen LogP contribution in [0.1, 0.15) is 23.1 Å². The molecule has 4 heteroatoms. The largest absolute Gasteiger partial charge is 0.503 e. The zero-order valence-electron chi connectivity index (χ0n) is 14.2. The topological polar surface area (TPSA) is 53.1 Å². The highest BCUT2D eigenvalue weighted by molar-refractivity contribution is 7.99. The van der Waals surface area contributed by atoms with E-state index in [9.17, 15) is 9.90 Å². The van der Waals surface area contributed by atoms with E-state index in [-0.39, 0.29) is 5.75 Å². The molecule has 0 bridgehead atoms. The van der Waals surface area contributed by atoms with E-state index in [1.54, 1.807) is 18.0 Å². The van der Waals surface area contributed by atoms with Crippen molar-refractivity contribution in [2.75, 3.05) is 5.75 Å². The van der Waals surface area contributed by atoms with Crippen molar-refractivity contribution >= 4 is 11.8 Å². The van der Waals surface area contributed by atoms with Crippen molar-refractivity contribution in [3.8, 4) is 17.6 Å². The van der Waals surface area contributed by atoms with E-state index in [0.29, 0.717) is 0 Å². The van der Waals surface area contributed by atoms with Gasteiger partial charge < -0.3 is 10.1 Å². The van der Waals surface area contributed by atoms with Crippen LogP contribution in [-0.4, -0.2) is 15.8 Å². The molecule has 1 heterocycles. The van der Waals surface area contributed by atoms with Gasteiger partial charge in [-0.15, -0.1) is 11.8 Å². The Morgan fingerprint density at radius 3 is 2.35 bits per heavy atom. The van der Waals surface area contributed by atoms with Crippen LogP contribution >= 0.6 is 11.8 Å². The van der Waals surface area contributed by atoms with E-state index in [2.05, 4.69) is 41.1 Å². The van der Waals surface area contributed by atoms with Crippen LogP contribution in [-0.2, 0) is 6.42 Å². The number of hydrogen-bond donors (Lipinski definition) is 2. The Bertz CT molecular complexity index is 967. The first kappa shape index (κ1) is 17.9. The number of thioether (sulfide) groups is 1. The average Bonchev–Trinajstić information content (AvgIpc) is 2.68. The maximum atomic E-state index is 11.1. The Morgan fingerprint density at radius 2 is 1.65 bits per heavy atom. The number of nitrogens with one attached hydrogen (secondary N) is 1. The monoisotopic (exact) mass is 361 g/mol. The van der Waals surface area contributed by atoms with Crippen LogP contribution in [0.3, 0.4) is 0 Å². The SMILES string of the molecule is O=c1[nH]cc(SCCCc2ccc(C#Cc3ccccc3)cc2)cc1O. The minimum absolute atomic E-state index is 0.234. The van der Waals surface area contributed by atoms with Crippen LogP contribution in [0.15, 0.2) is 76.6 Å². The molecule has 0 unspecified atom stereocenters. The summed E-state index contributed by atoms with van der Waals surface area (Å²) in [7, 11) is 0. The van der Waals surface area contributed by atoms with Crippen LogP contribution in [0.4, 0.5) is 0 Å². The van der Waals surface area contributed by atoms with Gasteiger partial charge >= 0.3 is 0 Å². The number of H-pyrrole nitrogens is 1. The summed E-state index contributed by atoms with van der Waals surface area (Å²) in [6, 6.07) is 19.8. The summed E-state index contributed by atoms with van der Waals surface area (Å²) in [5.41, 5.74) is 2.85. The molecule has 0 radical (unpaired) electrons. The van der Waals surface area contributed by atoms with Gasteiger partial charge in [0.1, 0.15) is 0 Å². The third-order valence-corrected chi connectivity index (χ3v) is 4.88. The molecule has 0 aliphatic heterocycles. The quantitative estimate of drug-likeness (QED) is 0.407. The maximum absolute atomic E-state index is 11.1. The number of aromatic amines is 1. The highest BCUT2D eigenvalue weighted by atomic mass is 32.2. The molecule has 0 spiro atoms. The molecule has 0 aliphatic rings. The molecule has 130 valence electrons. The molecule has 3 aromatic rings. The lowest BCUT2D eigenvalue weighted by molar-refractivity contribution is 0.464. The molecule has 0 aliphatic carbocycles. The fourth-order valence-corrected chi connectivity index (χ4v) is 3.28. The first-order chi connectivity index (χ1) is 12.7. The van der Waals surface area contributed by atoms with Gasteiger partial charge in [0.05, 0.1) is 0 Å². The summed E-state index contributed by atoms with van der Waals surface area (Å²) in [5.74, 6) is 7.02. The van der Waals surface area contributed by atoms with Crippen molar-refractivity contribution in [2.24, 2.45) is 0 Å². The van der Waals surface area contributed by atoms with Gasteiger partial charge in [0, 0.05) is 28.3 Å². The van der Waals surface area contributed by atoms with Gasteiger partial charge in [-0.1, -0.05) is 42.2 Å². The Kier molecular flexibility index (Phi) is 6.19. The molecule has 0 saturated heterocycles. The van der Waals surface area contributed by atoms with Gasteiger partial charge in [-0.2, -0.15) is 0 Å². The molecule has 0 saturated carbocycles. The molecule has 3 nitrogen and oxygen atoms in total. The van der Waals surface area contributed by atoms with Gasteiger partial charge in [-0.05, 0) is 48.4 Å². The summed E-state index contributed by atoms with van der Waals surface area (Å²) >= 11 is 1.62. The Balaban J connectivity index is 1.48. The highest BCUT2D eigenvalue weighted by Gasteiger charge is 2.00. The molecular formula is C22H19NO2S. The first-order valence-corrected chi connectivity index (χ1v) is 9.40. The second-order valence-electron chi connectivity index (χ2n) is 5.81. The van der Waals surface area contributed by atoms with Crippen molar-refractivity contribution in [2.45, 2.75) is 17.7 Å². The lowest BCUT2D eigenvalue weighted by Crippen LogP contribution is -2.03. The van der Waals surface area contributed by atoms with Crippen LogP contribution in [0.25, 0.3) is 0 Å². The predicted molar refractivity (Wildman–Crippen MR) is 107 cm³/mol. The number of pyridine rings is 1. The lowest BCUT2D eigenvalue weighted by Gasteiger charge is -2.03. The normalized spacial score (nSPS) is 10.2. The zero-order valence-corrected chi connectivity index (χ0v) is 15.1. The maximum Gasteiger partial charge on any atom is 0.290 e. The van der Waals surface area contributed by atoms with E-state index >= 15 is 0 Å². The molecular weight excluding hydrogens is 342 g/mol. The van der Waals surface area contributed by atoms with Crippen LogP contribution in [0, 0.1) is 11.8 Å². The number of hydrogen-bond acceptors (Lipinski definition) is 3. The van der Waals surface area contributed by atoms with Crippen molar-refractivity contribution < 1.29 is 5.11 Å².